The van der Waals surface area contributed by atoms with E-state index in [-0.39, 0.29) is 21.8 Å². The fourth-order valence-electron chi connectivity index (χ4n) is 2.89. The maximum Gasteiger partial charge on any atom is 0.417 e. The average molecular weight is 474 g/mol. The fourth-order valence-corrected chi connectivity index (χ4v) is 3.90. The Balaban J connectivity index is 1.64. The van der Waals surface area contributed by atoms with Gasteiger partial charge in [-0.05, 0) is 30.3 Å². The van der Waals surface area contributed by atoms with Crippen LogP contribution in [0.4, 0.5) is 18.9 Å². The SMILES string of the molecule is N#CC(=CNc1ccc(Cl)c(C(F)(F)F)c1)c1nc(-c2cc3ccccc3oc2=O)cs1. The molecular weight excluding hydrogens is 463 g/mol. The summed E-state index contributed by atoms with van der Waals surface area (Å²) in [6.45, 7) is 0. The third kappa shape index (κ3) is 4.37. The monoisotopic (exact) mass is 473 g/mol. The minimum absolute atomic E-state index is 0.0786. The molecule has 160 valence electrons. The first-order valence-corrected chi connectivity index (χ1v) is 10.2. The predicted molar refractivity (Wildman–Crippen MR) is 117 cm³/mol. The number of aromatic nitrogens is 1. The number of thiazole rings is 1. The number of nitriles is 1. The van der Waals surface area contributed by atoms with E-state index in [4.69, 9.17) is 16.0 Å². The molecule has 0 unspecified atom stereocenters. The van der Waals surface area contributed by atoms with Gasteiger partial charge in [0.2, 0.25) is 0 Å². The second-order valence-corrected chi connectivity index (χ2v) is 7.80. The molecule has 0 aliphatic heterocycles. The Labute approximate surface area is 188 Å². The van der Waals surface area contributed by atoms with E-state index in [1.54, 1.807) is 29.6 Å². The number of anilines is 1. The molecule has 0 aliphatic rings. The number of benzene rings is 2. The third-order valence-corrected chi connectivity index (χ3v) is 5.63. The van der Waals surface area contributed by atoms with E-state index in [9.17, 15) is 23.2 Å². The van der Waals surface area contributed by atoms with Crippen LogP contribution in [0, 0.1) is 11.3 Å². The molecule has 10 heteroatoms. The minimum Gasteiger partial charge on any atom is -0.422 e. The zero-order valence-electron chi connectivity index (χ0n) is 15.9. The molecule has 0 bridgehead atoms. The average Bonchev–Trinajstić information content (AvgIpc) is 3.23. The van der Waals surface area contributed by atoms with Crippen LogP contribution >= 0.6 is 22.9 Å². The van der Waals surface area contributed by atoms with Gasteiger partial charge >= 0.3 is 11.8 Å². The third-order valence-electron chi connectivity index (χ3n) is 4.43. The van der Waals surface area contributed by atoms with E-state index in [2.05, 4.69) is 10.3 Å². The first-order valence-electron chi connectivity index (χ1n) is 8.99. The lowest BCUT2D eigenvalue weighted by Gasteiger charge is -2.10. The highest BCUT2D eigenvalue weighted by Gasteiger charge is 2.33. The normalized spacial score (nSPS) is 12.0. The fraction of sp³-hybridized carbons (Fsp3) is 0.0455. The van der Waals surface area contributed by atoms with Crippen LogP contribution in [0.25, 0.3) is 27.8 Å². The maximum absolute atomic E-state index is 13.0. The van der Waals surface area contributed by atoms with Crippen LogP contribution in [0.2, 0.25) is 5.02 Å². The number of allylic oxidation sites excluding steroid dienone is 1. The molecule has 2 aromatic heterocycles. The van der Waals surface area contributed by atoms with Crippen molar-refractivity contribution in [2.45, 2.75) is 6.18 Å². The number of fused-ring (bicyclic) bond motifs is 1. The van der Waals surface area contributed by atoms with E-state index in [0.717, 1.165) is 28.9 Å². The molecule has 0 fully saturated rings. The van der Waals surface area contributed by atoms with Gasteiger partial charge in [0.25, 0.3) is 0 Å². The van der Waals surface area contributed by atoms with Crippen molar-refractivity contribution < 1.29 is 17.6 Å². The molecule has 1 N–H and O–H groups in total. The van der Waals surface area contributed by atoms with Crippen molar-refractivity contribution in [2.75, 3.05) is 5.32 Å². The highest BCUT2D eigenvalue weighted by Crippen LogP contribution is 2.36. The van der Waals surface area contributed by atoms with Crippen LogP contribution in [0.3, 0.4) is 0 Å². The molecule has 4 aromatic rings. The topological polar surface area (TPSA) is 78.9 Å². The summed E-state index contributed by atoms with van der Waals surface area (Å²) in [4.78, 5) is 16.7. The van der Waals surface area contributed by atoms with E-state index >= 15 is 0 Å². The molecule has 5 nitrogen and oxygen atoms in total. The Morgan fingerprint density at radius 2 is 2.00 bits per heavy atom. The van der Waals surface area contributed by atoms with Gasteiger partial charge in [0, 0.05) is 22.7 Å². The van der Waals surface area contributed by atoms with Crippen LogP contribution in [-0.2, 0) is 6.18 Å². The van der Waals surface area contributed by atoms with Gasteiger partial charge in [0.1, 0.15) is 22.2 Å². The van der Waals surface area contributed by atoms with Gasteiger partial charge in [-0.25, -0.2) is 9.78 Å². The van der Waals surface area contributed by atoms with Gasteiger partial charge in [-0.1, -0.05) is 29.8 Å². The molecule has 0 amide bonds. The number of nitrogens with one attached hydrogen (secondary N) is 1. The van der Waals surface area contributed by atoms with Gasteiger partial charge < -0.3 is 9.73 Å². The standard InChI is InChI=1S/C22H11ClF3N3O2S/c23-17-6-5-14(8-16(17)22(24,25)26)28-10-13(9-27)20-29-18(11-32-20)15-7-12-3-1-2-4-19(12)31-21(15)30/h1-8,10-11,28H. The minimum atomic E-state index is -4.61. The summed E-state index contributed by atoms with van der Waals surface area (Å²) in [6.07, 6.45) is -3.36. The van der Waals surface area contributed by atoms with E-state index in [0.29, 0.717) is 11.3 Å². The molecule has 4 rings (SSSR count). The van der Waals surface area contributed by atoms with Crippen LogP contribution in [0.5, 0.6) is 0 Å². The van der Waals surface area contributed by atoms with Crippen LogP contribution in [0.15, 0.2) is 69.3 Å². The second kappa shape index (κ2) is 8.49. The largest absolute Gasteiger partial charge is 0.422 e. The molecule has 2 heterocycles. The molecule has 0 saturated carbocycles. The van der Waals surface area contributed by atoms with Crippen molar-refractivity contribution in [2.24, 2.45) is 0 Å². The Morgan fingerprint density at radius 1 is 1.22 bits per heavy atom. The zero-order chi connectivity index (χ0) is 22.9. The summed E-state index contributed by atoms with van der Waals surface area (Å²) in [5.74, 6) is 0. The summed E-state index contributed by atoms with van der Waals surface area (Å²) >= 11 is 6.73. The lowest BCUT2D eigenvalue weighted by atomic mass is 10.1. The van der Waals surface area contributed by atoms with Crippen molar-refractivity contribution in [3.8, 4) is 17.3 Å². The molecule has 0 aliphatic carbocycles. The van der Waals surface area contributed by atoms with Crippen LogP contribution in [-0.4, -0.2) is 4.98 Å². The Morgan fingerprint density at radius 3 is 2.75 bits per heavy atom. The van der Waals surface area contributed by atoms with Crippen molar-refractivity contribution in [1.29, 1.82) is 5.26 Å². The molecule has 0 saturated heterocycles. The first kappa shape index (κ1) is 21.6. The second-order valence-electron chi connectivity index (χ2n) is 6.53. The lowest BCUT2D eigenvalue weighted by Crippen LogP contribution is -2.06. The number of halogens is 4. The summed E-state index contributed by atoms with van der Waals surface area (Å²) in [6, 6.07) is 14.0. The number of para-hydroxylation sites is 1. The number of hydrogen-bond donors (Lipinski definition) is 1. The van der Waals surface area contributed by atoms with Crippen molar-refractivity contribution >= 4 is 45.2 Å². The summed E-state index contributed by atoms with van der Waals surface area (Å²) in [5.41, 5.74) is -0.366. The highest BCUT2D eigenvalue weighted by molar-refractivity contribution is 7.11. The molecular formula is C22H11ClF3N3O2S. The zero-order valence-corrected chi connectivity index (χ0v) is 17.5. The van der Waals surface area contributed by atoms with Gasteiger partial charge in [0.05, 0.1) is 21.8 Å². The summed E-state index contributed by atoms with van der Waals surface area (Å²) in [5, 5.41) is 14.3. The predicted octanol–water partition coefficient (Wildman–Crippen LogP) is 6.57. The summed E-state index contributed by atoms with van der Waals surface area (Å²) in [7, 11) is 0. The number of hydrogen-bond acceptors (Lipinski definition) is 6. The Kier molecular flexibility index (Phi) is 5.74. The van der Waals surface area contributed by atoms with Crippen molar-refractivity contribution in [3.63, 3.8) is 0 Å². The molecule has 0 atom stereocenters. The Bertz CT molecular complexity index is 1450. The van der Waals surface area contributed by atoms with Crippen LogP contribution in [0.1, 0.15) is 10.6 Å². The van der Waals surface area contributed by atoms with E-state index in [1.807, 2.05) is 12.1 Å². The van der Waals surface area contributed by atoms with Gasteiger partial charge in [-0.15, -0.1) is 11.3 Å². The lowest BCUT2D eigenvalue weighted by molar-refractivity contribution is -0.137. The summed E-state index contributed by atoms with van der Waals surface area (Å²) < 4.78 is 44.4. The molecule has 32 heavy (non-hydrogen) atoms. The molecule has 0 radical (unpaired) electrons. The van der Waals surface area contributed by atoms with E-state index < -0.39 is 22.4 Å². The number of nitrogens with zero attached hydrogens (tertiary/aromatic N) is 2. The van der Waals surface area contributed by atoms with Gasteiger partial charge in [0.15, 0.2) is 0 Å². The number of rotatable bonds is 4. The molecule has 0 spiro atoms. The van der Waals surface area contributed by atoms with E-state index in [1.165, 1.54) is 12.3 Å². The quantitative estimate of drug-likeness (QED) is 0.268. The maximum atomic E-state index is 13.0. The highest BCUT2D eigenvalue weighted by atomic mass is 35.5. The van der Waals surface area contributed by atoms with Gasteiger partial charge in [-0.3, -0.25) is 0 Å². The smallest absolute Gasteiger partial charge is 0.417 e. The van der Waals surface area contributed by atoms with Crippen molar-refractivity contribution in [3.05, 3.63) is 86.1 Å². The molecule has 2 aromatic carbocycles. The van der Waals surface area contributed by atoms with Crippen molar-refractivity contribution in [1.82, 2.24) is 4.98 Å². The van der Waals surface area contributed by atoms with Gasteiger partial charge in [-0.2, -0.15) is 18.4 Å². The van der Waals surface area contributed by atoms with Crippen LogP contribution < -0.4 is 10.9 Å². The Hall–Kier alpha value is -3.61. The number of alkyl halides is 3. The first-order chi connectivity index (χ1) is 15.3.